The van der Waals surface area contributed by atoms with Crippen molar-refractivity contribution in [1.29, 1.82) is 5.41 Å². The van der Waals surface area contributed by atoms with E-state index in [1.165, 1.54) is 12.3 Å². The number of hydrazone groups is 1. The first-order chi connectivity index (χ1) is 7.77. The third-order valence-corrected chi connectivity index (χ3v) is 1.87. The van der Waals surface area contributed by atoms with E-state index < -0.39 is 0 Å². The molecule has 4 heteroatoms. The summed E-state index contributed by atoms with van der Waals surface area (Å²) in [5.74, 6) is 0. The van der Waals surface area contributed by atoms with Crippen molar-refractivity contribution in [2.75, 3.05) is 7.11 Å². The van der Waals surface area contributed by atoms with Gasteiger partial charge in [0.1, 0.15) is 0 Å². The quantitative estimate of drug-likeness (QED) is 0.608. The fourth-order valence-electron chi connectivity index (χ4n) is 1.11. The van der Waals surface area contributed by atoms with E-state index in [-0.39, 0.29) is 0 Å². The van der Waals surface area contributed by atoms with Crippen molar-refractivity contribution in [2.24, 2.45) is 5.10 Å². The number of allylic oxidation sites excluding steroid dienone is 1. The third kappa shape index (κ3) is 3.67. The second kappa shape index (κ2) is 6.53. The van der Waals surface area contributed by atoms with Gasteiger partial charge in [0.2, 0.25) is 0 Å². The number of nitrogens with one attached hydrogen (secondary N) is 1. The van der Waals surface area contributed by atoms with E-state index in [2.05, 4.69) is 5.10 Å². The highest BCUT2D eigenvalue weighted by Crippen LogP contribution is 2.01. The van der Waals surface area contributed by atoms with Crippen LogP contribution in [0.3, 0.4) is 0 Å². The average molecular weight is 217 g/mol. The molecule has 16 heavy (non-hydrogen) atoms. The summed E-state index contributed by atoms with van der Waals surface area (Å²) in [6.07, 6.45) is 4.83. The molecule has 0 bridgehead atoms. The molecule has 0 atom stereocenters. The van der Waals surface area contributed by atoms with Crippen molar-refractivity contribution in [3.8, 4) is 0 Å². The number of benzene rings is 1. The van der Waals surface area contributed by atoms with Crippen molar-refractivity contribution in [2.45, 2.75) is 6.92 Å². The highest BCUT2D eigenvalue weighted by molar-refractivity contribution is 6.06. The van der Waals surface area contributed by atoms with E-state index >= 15 is 0 Å². The van der Waals surface area contributed by atoms with E-state index in [1.807, 2.05) is 30.3 Å². The lowest BCUT2D eigenvalue weighted by Gasteiger charge is -2.09. The smallest absolute Gasteiger partial charge is 0.0661 e. The minimum Gasteiger partial charge on any atom is -0.300 e. The summed E-state index contributed by atoms with van der Waals surface area (Å²) in [5.41, 5.74) is 1.27. The van der Waals surface area contributed by atoms with Crippen molar-refractivity contribution in [3.05, 3.63) is 48.2 Å². The molecule has 1 rings (SSSR count). The van der Waals surface area contributed by atoms with Gasteiger partial charge in [0.25, 0.3) is 0 Å². The molecule has 4 nitrogen and oxygen atoms in total. The highest BCUT2D eigenvalue weighted by atomic mass is 16.7. The molecule has 1 aromatic carbocycles. The first-order valence-corrected chi connectivity index (χ1v) is 4.92. The van der Waals surface area contributed by atoms with Crippen LogP contribution in [0.1, 0.15) is 12.5 Å². The van der Waals surface area contributed by atoms with Crippen LogP contribution in [-0.4, -0.2) is 24.2 Å². The summed E-state index contributed by atoms with van der Waals surface area (Å²) >= 11 is 0. The van der Waals surface area contributed by atoms with Gasteiger partial charge in [0.05, 0.1) is 19.0 Å². The second-order valence-electron chi connectivity index (χ2n) is 2.95. The number of hydrogen-bond acceptors (Lipinski definition) is 4. The Morgan fingerprint density at radius 2 is 2.06 bits per heavy atom. The fourth-order valence-corrected chi connectivity index (χ4v) is 1.11. The largest absolute Gasteiger partial charge is 0.300 e. The predicted octanol–water partition coefficient (Wildman–Crippen LogP) is 2.44. The zero-order valence-corrected chi connectivity index (χ0v) is 9.42. The second-order valence-corrected chi connectivity index (χ2v) is 2.95. The van der Waals surface area contributed by atoms with Gasteiger partial charge in [-0.15, -0.1) is 5.17 Å². The third-order valence-electron chi connectivity index (χ3n) is 1.87. The van der Waals surface area contributed by atoms with Crippen molar-refractivity contribution >= 4 is 11.9 Å². The number of nitrogens with zero attached hydrogens (tertiary/aromatic N) is 2. The molecule has 0 aromatic heterocycles. The first kappa shape index (κ1) is 12.1. The Balaban J connectivity index is 2.67. The molecule has 0 aliphatic rings. The van der Waals surface area contributed by atoms with E-state index in [9.17, 15) is 0 Å². The molecule has 0 heterocycles. The van der Waals surface area contributed by atoms with E-state index in [0.717, 1.165) is 5.56 Å². The SMILES string of the molecule is C/C=N\N(/C=C\C(=N)c1ccccc1)OC. The van der Waals surface area contributed by atoms with E-state index in [4.69, 9.17) is 10.2 Å². The minimum atomic E-state index is 0.411. The van der Waals surface area contributed by atoms with Gasteiger partial charge in [-0.2, -0.15) is 5.10 Å². The van der Waals surface area contributed by atoms with Crippen LogP contribution in [0.15, 0.2) is 47.7 Å². The summed E-state index contributed by atoms with van der Waals surface area (Å²) in [4.78, 5) is 4.93. The molecule has 0 unspecified atom stereocenters. The lowest BCUT2D eigenvalue weighted by molar-refractivity contribution is -0.0857. The topological polar surface area (TPSA) is 48.7 Å². The van der Waals surface area contributed by atoms with Crippen LogP contribution in [0.25, 0.3) is 0 Å². The normalized spacial score (nSPS) is 11.1. The molecule has 0 aliphatic heterocycles. The van der Waals surface area contributed by atoms with E-state index in [0.29, 0.717) is 5.71 Å². The molecule has 0 spiro atoms. The van der Waals surface area contributed by atoms with Crippen LogP contribution in [0, 0.1) is 5.41 Å². The number of rotatable bonds is 5. The van der Waals surface area contributed by atoms with Crippen LogP contribution in [-0.2, 0) is 4.84 Å². The van der Waals surface area contributed by atoms with Gasteiger partial charge >= 0.3 is 0 Å². The Kier molecular flexibility index (Phi) is 4.95. The zero-order chi connectivity index (χ0) is 11.8. The predicted molar refractivity (Wildman–Crippen MR) is 65.4 cm³/mol. The molecule has 1 N–H and O–H groups in total. The Morgan fingerprint density at radius 3 is 2.62 bits per heavy atom. The molecule has 0 aliphatic carbocycles. The molecular formula is C12H15N3O. The standard InChI is InChI=1S/C12H15N3O/c1-3-14-15(16-2)10-9-12(13)11-7-5-4-6-8-11/h3-10,13H,1-2H3/b10-9-,13-12?,14-3-. The van der Waals surface area contributed by atoms with Gasteiger partial charge < -0.3 is 5.41 Å². The average Bonchev–Trinajstić information content (AvgIpc) is 2.35. The number of hydroxylamine groups is 1. The first-order valence-electron chi connectivity index (χ1n) is 4.92. The molecule has 0 amide bonds. The van der Waals surface area contributed by atoms with Crippen LogP contribution in [0.2, 0.25) is 0 Å². The molecule has 0 fully saturated rings. The van der Waals surface area contributed by atoms with Crippen LogP contribution < -0.4 is 0 Å². The monoisotopic (exact) mass is 217 g/mol. The molecule has 0 radical (unpaired) electrons. The van der Waals surface area contributed by atoms with Gasteiger partial charge in [-0.1, -0.05) is 30.3 Å². The molecular weight excluding hydrogens is 202 g/mol. The van der Waals surface area contributed by atoms with Gasteiger partial charge in [0.15, 0.2) is 0 Å². The Hall–Kier alpha value is -1.94. The van der Waals surface area contributed by atoms with Gasteiger partial charge in [-0.05, 0) is 18.6 Å². The summed E-state index contributed by atoms with van der Waals surface area (Å²) in [6, 6.07) is 9.48. The highest BCUT2D eigenvalue weighted by Gasteiger charge is 1.96. The molecule has 0 saturated carbocycles. The Morgan fingerprint density at radius 1 is 1.38 bits per heavy atom. The summed E-state index contributed by atoms with van der Waals surface area (Å²) in [5, 5.41) is 13.0. The summed E-state index contributed by atoms with van der Waals surface area (Å²) in [6.45, 7) is 1.79. The number of hydrogen-bond donors (Lipinski definition) is 1. The Labute approximate surface area is 95.3 Å². The van der Waals surface area contributed by atoms with Gasteiger partial charge in [0, 0.05) is 6.21 Å². The minimum absolute atomic E-state index is 0.411. The maximum atomic E-state index is 7.81. The molecule has 1 aromatic rings. The maximum absolute atomic E-state index is 7.81. The maximum Gasteiger partial charge on any atom is 0.0661 e. The summed E-state index contributed by atoms with van der Waals surface area (Å²) < 4.78 is 0. The molecule has 0 saturated heterocycles. The fraction of sp³-hybridized carbons (Fsp3) is 0.167. The lowest BCUT2D eigenvalue weighted by Crippen LogP contribution is -2.08. The van der Waals surface area contributed by atoms with Crippen molar-refractivity contribution in [1.82, 2.24) is 5.17 Å². The lowest BCUT2D eigenvalue weighted by atomic mass is 10.1. The van der Waals surface area contributed by atoms with Gasteiger partial charge in [-0.25, -0.2) is 0 Å². The van der Waals surface area contributed by atoms with E-state index in [1.54, 1.807) is 25.4 Å². The van der Waals surface area contributed by atoms with Gasteiger partial charge in [-0.3, -0.25) is 4.84 Å². The van der Waals surface area contributed by atoms with Crippen LogP contribution in [0.5, 0.6) is 0 Å². The summed E-state index contributed by atoms with van der Waals surface area (Å²) in [7, 11) is 1.52. The van der Waals surface area contributed by atoms with Crippen molar-refractivity contribution in [3.63, 3.8) is 0 Å². The molecule has 84 valence electrons. The van der Waals surface area contributed by atoms with Crippen LogP contribution in [0.4, 0.5) is 0 Å². The van der Waals surface area contributed by atoms with Crippen molar-refractivity contribution < 1.29 is 4.84 Å². The zero-order valence-electron chi connectivity index (χ0n) is 9.42. The Bertz CT molecular complexity index is 385. The van der Waals surface area contributed by atoms with Crippen LogP contribution >= 0.6 is 0 Å².